The fraction of sp³-hybridized carbons (Fsp3) is 0.261. The van der Waals surface area contributed by atoms with Gasteiger partial charge in [0.15, 0.2) is 0 Å². The molecule has 0 aliphatic carbocycles. The molecule has 0 unspecified atom stereocenters. The maximum absolute atomic E-state index is 12.5. The number of hydrogen-bond donors (Lipinski definition) is 2. The highest BCUT2D eigenvalue weighted by atomic mass is 16.5. The Morgan fingerprint density at radius 2 is 1.79 bits per heavy atom. The molecule has 0 bridgehead atoms. The molecule has 0 radical (unpaired) electrons. The molecule has 6 nitrogen and oxygen atoms in total. The molecule has 2 N–H and O–H groups in total. The lowest BCUT2D eigenvalue weighted by Crippen LogP contribution is -2.16. The van der Waals surface area contributed by atoms with E-state index in [4.69, 9.17) is 4.74 Å². The Hall–Kier alpha value is -3.41. The van der Waals surface area contributed by atoms with Crippen LogP contribution in [0.25, 0.3) is 0 Å². The zero-order valence-corrected chi connectivity index (χ0v) is 17.0. The van der Waals surface area contributed by atoms with E-state index in [9.17, 15) is 4.79 Å². The third kappa shape index (κ3) is 5.54. The number of carbonyl (C=O) groups is 1. The highest BCUT2D eigenvalue weighted by molar-refractivity contribution is 6.03. The van der Waals surface area contributed by atoms with E-state index in [1.54, 1.807) is 13.3 Å². The van der Waals surface area contributed by atoms with Crippen molar-refractivity contribution < 1.29 is 9.53 Å². The molecule has 2 aromatic carbocycles. The quantitative estimate of drug-likeness (QED) is 0.592. The summed E-state index contributed by atoms with van der Waals surface area (Å²) in [6.45, 7) is 4.91. The average Bonchev–Trinajstić information content (AvgIpc) is 2.75. The third-order valence-corrected chi connectivity index (χ3v) is 4.59. The summed E-state index contributed by atoms with van der Waals surface area (Å²) in [7, 11) is 1.66. The van der Waals surface area contributed by atoms with E-state index in [0.717, 1.165) is 23.4 Å². The van der Waals surface area contributed by atoms with E-state index in [1.807, 2.05) is 48.5 Å². The van der Waals surface area contributed by atoms with E-state index in [1.165, 1.54) is 11.8 Å². The second-order valence-electron chi connectivity index (χ2n) is 7.01. The van der Waals surface area contributed by atoms with Gasteiger partial charge in [-0.1, -0.05) is 44.2 Å². The van der Waals surface area contributed by atoms with Crippen LogP contribution in [-0.2, 0) is 6.42 Å². The summed E-state index contributed by atoms with van der Waals surface area (Å²) in [5, 5.41) is 6.15. The lowest BCUT2D eigenvalue weighted by molar-refractivity contribution is 0.102. The Morgan fingerprint density at radius 1 is 1.03 bits per heavy atom. The van der Waals surface area contributed by atoms with Crippen molar-refractivity contribution in [3.63, 3.8) is 0 Å². The van der Waals surface area contributed by atoms with Crippen molar-refractivity contribution in [3.8, 4) is 5.75 Å². The van der Waals surface area contributed by atoms with Crippen molar-refractivity contribution in [3.05, 3.63) is 77.7 Å². The molecule has 0 atom stereocenters. The van der Waals surface area contributed by atoms with Gasteiger partial charge in [0.05, 0.1) is 19.5 Å². The number of nitrogens with zero attached hydrogens (tertiary/aromatic N) is 2. The molecule has 150 valence electrons. The summed E-state index contributed by atoms with van der Waals surface area (Å²) < 4.78 is 5.16. The van der Waals surface area contributed by atoms with Crippen molar-refractivity contribution in [2.24, 2.45) is 0 Å². The van der Waals surface area contributed by atoms with Gasteiger partial charge in [-0.25, -0.2) is 9.97 Å². The largest absolute Gasteiger partial charge is 0.497 e. The van der Waals surface area contributed by atoms with Crippen LogP contribution in [0.3, 0.4) is 0 Å². The fourth-order valence-corrected chi connectivity index (χ4v) is 2.96. The number of aromatic nitrogens is 2. The molecular weight excluding hydrogens is 364 g/mol. The molecular formula is C23H26N4O2. The van der Waals surface area contributed by atoms with Crippen LogP contribution in [0.15, 0.2) is 60.9 Å². The van der Waals surface area contributed by atoms with Crippen LogP contribution in [0.4, 0.5) is 11.5 Å². The van der Waals surface area contributed by atoms with Gasteiger partial charge < -0.3 is 15.4 Å². The van der Waals surface area contributed by atoms with E-state index in [0.29, 0.717) is 18.3 Å². The molecule has 0 spiro atoms. The Kier molecular flexibility index (Phi) is 6.79. The predicted molar refractivity (Wildman–Crippen MR) is 116 cm³/mol. The van der Waals surface area contributed by atoms with E-state index in [-0.39, 0.29) is 11.6 Å². The highest BCUT2D eigenvalue weighted by Crippen LogP contribution is 2.24. The van der Waals surface area contributed by atoms with Crippen LogP contribution >= 0.6 is 0 Å². The Morgan fingerprint density at radius 3 is 2.45 bits per heavy atom. The summed E-state index contributed by atoms with van der Waals surface area (Å²) in [6.07, 6.45) is 3.92. The van der Waals surface area contributed by atoms with Gasteiger partial charge in [-0.05, 0) is 41.7 Å². The second-order valence-corrected chi connectivity index (χ2v) is 7.01. The van der Waals surface area contributed by atoms with Gasteiger partial charge in [-0.3, -0.25) is 4.79 Å². The maximum atomic E-state index is 12.5. The first-order valence-electron chi connectivity index (χ1n) is 9.66. The molecule has 3 aromatic rings. The van der Waals surface area contributed by atoms with Crippen LogP contribution in [0.5, 0.6) is 5.75 Å². The minimum Gasteiger partial charge on any atom is -0.497 e. The summed E-state index contributed by atoms with van der Waals surface area (Å²) in [5.74, 6) is 1.53. The molecule has 0 saturated heterocycles. The second kappa shape index (κ2) is 9.68. The van der Waals surface area contributed by atoms with E-state index < -0.39 is 0 Å². The third-order valence-electron chi connectivity index (χ3n) is 4.59. The predicted octanol–water partition coefficient (Wildman–Crippen LogP) is 4.52. The summed E-state index contributed by atoms with van der Waals surface area (Å²) >= 11 is 0. The van der Waals surface area contributed by atoms with Crippen molar-refractivity contribution in [2.45, 2.75) is 26.2 Å². The van der Waals surface area contributed by atoms with Gasteiger partial charge in [0, 0.05) is 12.2 Å². The van der Waals surface area contributed by atoms with Crippen LogP contribution in [0.2, 0.25) is 0 Å². The molecule has 1 amide bonds. The molecule has 29 heavy (non-hydrogen) atoms. The van der Waals surface area contributed by atoms with Crippen LogP contribution < -0.4 is 15.4 Å². The number of ether oxygens (including phenoxy) is 1. The summed E-state index contributed by atoms with van der Waals surface area (Å²) in [6, 6.07) is 15.8. The van der Waals surface area contributed by atoms with Crippen LogP contribution in [0, 0.1) is 0 Å². The molecule has 0 fully saturated rings. The van der Waals surface area contributed by atoms with Crippen LogP contribution in [0.1, 0.15) is 41.4 Å². The number of carbonyl (C=O) groups excluding carboxylic acids is 1. The van der Waals surface area contributed by atoms with Gasteiger partial charge in [-0.15, -0.1) is 0 Å². The molecule has 6 heteroatoms. The summed E-state index contributed by atoms with van der Waals surface area (Å²) in [5.41, 5.74) is 3.37. The smallest absolute Gasteiger partial charge is 0.275 e. The van der Waals surface area contributed by atoms with Gasteiger partial charge in [0.2, 0.25) is 0 Å². The number of anilines is 2. The lowest BCUT2D eigenvalue weighted by atomic mass is 10.0. The first kappa shape index (κ1) is 20.3. The SMILES string of the molecule is COc1ccc(CCNc2cnc(C(=O)Nc3ccccc3C(C)C)cn2)cc1. The van der Waals surface area contributed by atoms with Gasteiger partial charge in [0.1, 0.15) is 17.3 Å². The standard InChI is InChI=1S/C23H26N4O2/c1-16(2)19-6-4-5-7-20(19)27-23(28)21-14-26-22(15-25-21)24-13-12-17-8-10-18(29-3)11-9-17/h4-11,14-16H,12-13H2,1-3H3,(H,24,26)(H,27,28). The number of hydrogen-bond acceptors (Lipinski definition) is 5. The highest BCUT2D eigenvalue weighted by Gasteiger charge is 2.12. The minimum absolute atomic E-state index is 0.268. The van der Waals surface area contributed by atoms with Crippen molar-refractivity contribution >= 4 is 17.4 Å². The molecule has 0 aliphatic rings. The first-order chi connectivity index (χ1) is 14.1. The molecule has 0 aliphatic heterocycles. The fourth-order valence-electron chi connectivity index (χ4n) is 2.96. The topological polar surface area (TPSA) is 76.1 Å². The maximum Gasteiger partial charge on any atom is 0.275 e. The average molecular weight is 390 g/mol. The first-order valence-corrected chi connectivity index (χ1v) is 9.66. The Bertz CT molecular complexity index is 938. The monoisotopic (exact) mass is 390 g/mol. The van der Waals surface area contributed by atoms with Crippen molar-refractivity contribution in [1.82, 2.24) is 9.97 Å². The van der Waals surface area contributed by atoms with Gasteiger partial charge in [-0.2, -0.15) is 0 Å². The molecule has 1 aromatic heterocycles. The van der Waals surface area contributed by atoms with Crippen molar-refractivity contribution in [2.75, 3.05) is 24.3 Å². The lowest BCUT2D eigenvalue weighted by Gasteiger charge is -2.13. The van der Waals surface area contributed by atoms with E-state index >= 15 is 0 Å². The normalized spacial score (nSPS) is 10.6. The number of rotatable bonds is 8. The minimum atomic E-state index is -0.268. The van der Waals surface area contributed by atoms with Gasteiger partial charge in [0.25, 0.3) is 5.91 Å². The zero-order chi connectivity index (χ0) is 20.6. The number of methoxy groups -OCH3 is 1. The Balaban J connectivity index is 1.54. The number of para-hydroxylation sites is 1. The Labute approximate surface area is 171 Å². The molecule has 0 saturated carbocycles. The van der Waals surface area contributed by atoms with Crippen LogP contribution in [-0.4, -0.2) is 29.5 Å². The van der Waals surface area contributed by atoms with Gasteiger partial charge >= 0.3 is 0 Å². The molecule has 3 rings (SSSR count). The zero-order valence-electron chi connectivity index (χ0n) is 17.0. The number of benzene rings is 2. The van der Waals surface area contributed by atoms with Crippen molar-refractivity contribution in [1.29, 1.82) is 0 Å². The number of nitrogens with one attached hydrogen (secondary N) is 2. The number of amides is 1. The van der Waals surface area contributed by atoms with E-state index in [2.05, 4.69) is 34.4 Å². The molecule has 1 heterocycles. The summed E-state index contributed by atoms with van der Waals surface area (Å²) in [4.78, 5) is 21.1.